The van der Waals surface area contributed by atoms with Gasteiger partial charge in [-0.05, 0) is 36.4 Å². The summed E-state index contributed by atoms with van der Waals surface area (Å²) in [4.78, 5) is 15.2. The SMILES string of the molecule is O=[N+]([O-])c1ccccc1/C=C(/Nc1ccccc1)c1ccccn1. The quantitative estimate of drug-likeness (QED) is 0.551. The maximum absolute atomic E-state index is 11.2. The fourth-order valence-corrected chi connectivity index (χ4v) is 2.30. The van der Waals surface area contributed by atoms with Crippen LogP contribution in [0.4, 0.5) is 11.4 Å². The Bertz CT molecular complexity index is 862. The van der Waals surface area contributed by atoms with Crippen molar-refractivity contribution in [3.05, 3.63) is 100 Å². The number of benzene rings is 2. The van der Waals surface area contributed by atoms with E-state index in [9.17, 15) is 10.1 Å². The number of pyridine rings is 1. The third-order valence-electron chi connectivity index (χ3n) is 3.43. The van der Waals surface area contributed by atoms with Gasteiger partial charge in [0.1, 0.15) is 0 Å². The van der Waals surface area contributed by atoms with E-state index in [2.05, 4.69) is 10.3 Å². The van der Waals surface area contributed by atoms with E-state index in [1.165, 1.54) is 6.07 Å². The van der Waals surface area contributed by atoms with E-state index in [4.69, 9.17) is 0 Å². The van der Waals surface area contributed by atoms with E-state index in [-0.39, 0.29) is 10.6 Å². The second kappa shape index (κ2) is 7.19. The van der Waals surface area contributed by atoms with Crippen molar-refractivity contribution in [2.75, 3.05) is 5.32 Å². The van der Waals surface area contributed by atoms with Crippen LogP contribution in [0.25, 0.3) is 11.8 Å². The highest BCUT2D eigenvalue weighted by Crippen LogP contribution is 2.25. The highest BCUT2D eigenvalue weighted by Gasteiger charge is 2.12. The molecule has 5 nitrogen and oxygen atoms in total. The van der Waals surface area contributed by atoms with E-state index in [0.29, 0.717) is 17.0 Å². The summed E-state index contributed by atoms with van der Waals surface area (Å²) < 4.78 is 0. The van der Waals surface area contributed by atoms with Crippen LogP contribution in [0.1, 0.15) is 11.3 Å². The average Bonchev–Trinajstić information content (AvgIpc) is 2.63. The number of nitrogens with zero attached hydrogens (tertiary/aromatic N) is 2. The van der Waals surface area contributed by atoms with Gasteiger partial charge < -0.3 is 5.32 Å². The van der Waals surface area contributed by atoms with Gasteiger partial charge >= 0.3 is 0 Å². The van der Waals surface area contributed by atoms with Gasteiger partial charge in [-0.1, -0.05) is 36.4 Å². The fourth-order valence-electron chi connectivity index (χ4n) is 2.30. The second-order valence-corrected chi connectivity index (χ2v) is 5.08. The zero-order valence-corrected chi connectivity index (χ0v) is 12.8. The molecular formula is C19H15N3O2. The largest absolute Gasteiger partial charge is 0.354 e. The predicted molar refractivity (Wildman–Crippen MR) is 95.3 cm³/mol. The van der Waals surface area contributed by atoms with Crippen LogP contribution in [-0.2, 0) is 0 Å². The summed E-state index contributed by atoms with van der Waals surface area (Å²) in [6.07, 6.45) is 3.43. The molecule has 0 saturated carbocycles. The number of anilines is 1. The number of nitro benzene ring substituents is 1. The first kappa shape index (κ1) is 15.4. The van der Waals surface area contributed by atoms with Crippen molar-refractivity contribution in [1.29, 1.82) is 0 Å². The summed E-state index contributed by atoms with van der Waals surface area (Å²) in [5, 5.41) is 14.5. The molecule has 1 aromatic heterocycles. The molecule has 2 aromatic carbocycles. The fraction of sp³-hybridized carbons (Fsp3) is 0. The monoisotopic (exact) mass is 317 g/mol. The van der Waals surface area contributed by atoms with Gasteiger partial charge in [-0.25, -0.2) is 0 Å². The minimum Gasteiger partial charge on any atom is -0.354 e. The average molecular weight is 317 g/mol. The van der Waals surface area contributed by atoms with Gasteiger partial charge in [0, 0.05) is 18.0 Å². The van der Waals surface area contributed by atoms with Crippen LogP contribution >= 0.6 is 0 Å². The number of hydrogen-bond donors (Lipinski definition) is 1. The zero-order valence-electron chi connectivity index (χ0n) is 12.8. The summed E-state index contributed by atoms with van der Waals surface area (Å²) in [5.74, 6) is 0. The Balaban J connectivity index is 2.06. The van der Waals surface area contributed by atoms with Crippen molar-refractivity contribution in [1.82, 2.24) is 4.98 Å². The minimum atomic E-state index is -0.385. The molecule has 0 unspecified atom stereocenters. The summed E-state index contributed by atoms with van der Waals surface area (Å²) in [6, 6.07) is 21.8. The summed E-state index contributed by atoms with van der Waals surface area (Å²) in [5.41, 5.74) is 2.86. The third kappa shape index (κ3) is 3.64. The molecule has 3 rings (SSSR count). The summed E-state index contributed by atoms with van der Waals surface area (Å²) in [7, 11) is 0. The third-order valence-corrected chi connectivity index (χ3v) is 3.43. The maximum atomic E-state index is 11.2. The Morgan fingerprint density at radius 3 is 2.38 bits per heavy atom. The van der Waals surface area contributed by atoms with Gasteiger partial charge in [0.2, 0.25) is 0 Å². The van der Waals surface area contributed by atoms with Crippen molar-refractivity contribution in [3.63, 3.8) is 0 Å². The Labute approximate surface area is 139 Å². The lowest BCUT2D eigenvalue weighted by molar-refractivity contribution is -0.385. The lowest BCUT2D eigenvalue weighted by Crippen LogP contribution is -2.01. The lowest BCUT2D eigenvalue weighted by atomic mass is 10.1. The molecule has 0 aliphatic heterocycles. The van der Waals surface area contributed by atoms with Crippen molar-refractivity contribution in [3.8, 4) is 0 Å². The first-order chi connectivity index (χ1) is 11.7. The van der Waals surface area contributed by atoms with Crippen LogP contribution in [0.5, 0.6) is 0 Å². The number of aromatic nitrogens is 1. The van der Waals surface area contributed by atoms with E-state index in [0.717, 1.165) is 5.69 Å². The molecule has 0 bridgehead atoms. The van der Waals surface area contributed by atoms with Gasteiger partial charge in [-0.3, -0.25) is 15.1 Å². The standard InChI is InChI=1S/C19H15N3O2/c23-22(24)19-12-5-4-8-15(19)14-18(17-11-6-7-13-20-17)21-16-9-2-1-3-10-16/h1-14,21H/b18-14+. The predicted octanol–water partition coefficient (Wildman–Crippen LogP) is 4.60. The smallest absolute Gasteiger partial charge is 0.276 e. The second-order valence-electron chi connectivity index (χ2n) is 5.08. The van der Waals surface area contributed by atoms with Crippen LogP contribution in [0.15, 0.2) is 79.0 Å². The van der Waals surface area contributed by atoms with Gasteiger partial charge in [0.05, 0.1) is 21.9 Å². The molecule has 0 saturated heterocycles. The molecule has 1 heterocycles. The van der Waals surface area contributed by atoms with Gasteiger partial charge in [0.25, 0.3) is 5.69 Å². The van der Waals surface area contributed by atoms with Gasteiger partial charge in [-0.2, -0.15) is 0 Å². The van der Waals surface area contributed by atoms with Gasteiger partial charge in [0.15, 0.2) is 0 Å². The lowest BCUT2D eigenvalue weighted by Gasteiger charge is -2.11. The van der Waals surface area contributed by atoms with E-state index in [1.54, 1.807) is 30.5 Å². The zero-order chi connectivity index (χ0) is 16.8. The van der Waals surface area contributed by atoms with Crippen molar-refractivity contribution < 1.29 is 4.92 Å². The molecular weight excluding hydrogens is 302 g/mol. The molecule has 0 radical (unpaired) electrons. The van der Waals surface area contributed by atoms with E-state index in [1.807, 2.05) is 48.5 Å². The molecule has 24 heavy (non-hydrogen) atoms. The van der Waals surface area contributed by atoms with Crippen LogP contribution < -0.4 is 5.32 Å². The highest BCUT2D eigenvalue weighted by molar-refractivity contribution is 5.88. The summed E-state index contributed by atoms with van der Waals surface area (Å²) >= 11 is 0. The molecule has 0 fully saturated rings. The normalized spacial score (nSPS) is 11.1. The highest BCUT2D eigenvalue weighted by atomic mass is 16.6. The Morgan fingerprint density at radius 1 is 0.958 bits per heavy atom. The van der Waals surface area contributed by atoms with Crippen molar-refractivity contribution in [2.24, 2.45) is 0 Å². The topological polar surface area (TPSA) is 68.1 Å². The Morgan fingerprint density at radius 2 is 1.67 bits per heavy atom. The molecule has 5 heteroatoms. The van der Waals surface area contributed by atoms with Crippen LogP contribution in [0, 0.1) is 10.1 Å². The molecule has 118 valence electrons. The molecule has 0 amide bonds. The Kier molecular flexibility index (Phi) is 4.62. The number of para-hydroxylation sites is 2. The van der Waals surface area contributed by atoms with Crippen molar-refractivity contribution in [2.45, 2.75) is 0 Å². The van der Waals surface area contributed by atoms with E-state index >= 15 is 0 Å². The van der Waals surface area contributed by atoms with Gasteiger partial charge in [-0.15, -0.1) is 0 Å². The molecule has 0 aliphatic rings. The molecule has 0 spiro atoms. The number of nitrogens with one attached hydrogen (secondary N) is 1. The van der Waals surface area contributed by atoms with E-state index < -0.39 is 0 Å². The van der Waals surface area contributed by atoms with Crippen LogP contribution in [0.3, 0.4) is 0 Å². The number of hydrogen-bond acceptors (Lipinski definition) is 4. The first-order valence-corrected chi connectivity index (χ1v) is 7.42. The summed E-state index contributed by atoms with van der Waals surface area (Å²) in [6.45, 7) is 0. The minimum absolute atomic E-state index is 0.0563. The Hall–Kier alpha value is -3.47. The van der Waals surface area contributed by atoms with Crippen molar-refractivity contribution >= 4 is 23.1 Å². The molecule has 0 atom stereocenters. The number of rotatable bonds is 5. The molecule has 0 aliphatic carbocycles. The number of nitro groups is 1. The first-order valence-electron chi connectivity index (χ1n) is 7.42. The van der Waals surface area contributed by atoms with Crippen LogP contribution in [-0.4, -0.2) is 9.91 Å². The maximum Gasteiger partial charge on any atom is 0.276 e. The van der Waals surface area contributed by atoms with Crippen LogP contribution in [0.2, 0.25) is 0 Å². The molecule has 1 N–H and O–H groups in total. The molecule has 3 aromatic rings.